The number of amides is 1. The van der Waals surface area contributed by atoms with E-state index in [1.165, 1.54) is 0 Å². The lowest BCUT2D eigenvalue weighted by atomic mass is 10.0. The van der Waals surface area contributed by atoms with E-state index in [1.807, 2.05) is 18.2 Å². The second-order valence-electron chi connectivity index (χ2n) is 6.01. The molecule has 0 aromatic heterocycles. The molecular formula is C16H22N2O3. The number of nitrogens with one attached hydrogen (secondary N) is 1. The Morgan fingerprint density at radius 2 is 1.95 bits per heavy atom. The average molecular weight is 290 g/mol. The summed E-state index contributed by atoms with van der Waals surface area (Å²) in [5.41, 5.74) is 0.922. The Morgan fingerprint density at radius 1 is 1.38 bits per heavy atom. The van der Waals surface area contributed by atoms with Gasteiger partial charge in [0.25, 0.3) is 0 Å². The number of carbonyl (C=O) groups is 1. The largest absolute Gasteiger partial charge is 0.444 e. The maximum Gasteiger partial charge on any atom is 0.407 e. The molecule has 5 nitrogen and oxygen atoms in total. The van der Waals surface area contributed by atoms with Crippen molar-refractivity contribution in [2.45, 2.75) is 51.9 Å². The van der Waals surface area contributed by atoms with Crippen LogP contribution in [0.5, 0.6) is 0 Å². The van der Waals surface area contributed by atoms with Crippen molar-refractivity contribution in [2.24, 2.45) is 0 Å². The number of nitriles is 1. The maximum absolute atomic E-state index is 11.8. The third-order valence-electron chi connectivity index (χ3n) is 2.82. The summed E-state index contributed by atoms with van der Waals surface area (Å²) in [5.74, 6) is 0. The van der Waals surface area contributed by atoms with Crippen molar-refractivity contribution in [3.63, 3.8) is 0 Å². The minimum Gasteiger partial charge on any atom is -0.444 e. The Morgan fingerprint density at radius 3 is 2.38 bits per heavy atom. The van der Waals surface area contributed by atoms with E-state index in [1.54, 1.807) is 39.8 Å². The SMILES string of the molecule is C[C@H](O)[C@@H](Cc1ccc(C#N)cc1)NC(=O)OC(C)(C)C. The summed E-state index contributed by atoms with van der Waals surface area (Å²) in [7, 11) is 0. The van der Waals surface area contributed by atoms with Gasteiger partial charge in [-0.25, -0.2) is 4.79 Å². The van der Waals surface area contributed by atoms with Gasteiger partial charge in [-0.05, 0) is 51.8 Å². The van der Waals surface area contributed by atoms with Gasteiger partial charge in [-0.15, -0.1) is 0 Å². The molecular weight excluding hydrogens is 268 g/mol. The monoisotopic (exact) mass is 290 g/mol. The number of ether oxygens (including phenoxy) is 1. The fraction of sp³-hybridized carbons (Fsp3) is 0.500. The summed E-state index contributed by atoms with van der Waals surface area (Å²) in [5, 5.41) is 21.2. The number of hydrogen-bond donors (Lipinski definition) is 2. The normalized spacial score (nSPS) is 13.9. The first-order valence-corrected chi connectivity index (χ1v) is 6.88. The first kappa shape index (κ1) is 17.0. The Hall–Kier alpha value is -2.06. The van der Waals surface area contributed by atoms with Gasteiger partial charge >= 0.3 is 6.09 Å². The van der Waals surface area contributed by atoms with Crippen LogP contribution in [0.4, 0.5) is 4.79 Å². The molecule has 1 amide bonds. The second-order valence-corrected chi connectivity index (χ2v) is 6.01. The van der Waals surface area contributed by atoms with Crippen LogP contribution in [-0.4, -0.2) is 28.9 Å². The summed E-state index contributed by atoms with van der Waals surface area (Å²) in [6.45, 7) is 6.96. The molecule has 0 bridgehead atoms. The molecule has 1 aromatic carbocycles. The van der Waals surface area contributed by atoms with Crippen molar-refractivity contribution >= 4 is 6.09 Å². The fourth-order valence-electron chi connectivity index (χ4n) is 1.77. The highest BCUT2D eigenvalue weighted by Gasteiger charge is 2.22. The van der Waals surface area contributed by atoms with Gasteiger partial charge in [0.15, 0.2) is 0 Å². The lowest BCUT2D eigenvalue weighted by Gasteiger charge is -2.25. The standard InChI is InChI=1S/C16H22N2O3/c1-11(19)14(18-15(20)21-16(2,3)4)9-12-5-7-13(10-17)8-6-12/h5-8,11,14,19H,9H2,1-4H3,(H,18,20)/t11-,14+/m0/s1. The van der Waals surface area contributed by atoms with Crippen LogP contribution in [0.2, 0.25) is 0 Å². The fourth-order valence-corrected chi connectivity index (χ4v) is 1.77. The highest BCUT2D eigenvalue weighted by atomic mass is 16.6. The van der Waals surface area contributed by atoms with Crippen molar-refractivity contribution in [1.29, 1.82) is 5.26 Å². The van der Waals surface area contributed by atoms with Gasteiger partial charge in [0, 0.05) is 0 Å². The number of carbonyl (C=O) groups excluding carboxylic acids is 1. The Bertz CT molecular complexity index is 510. The number of rotatable bonds is 4. The van der Waals surface area contributed by atoms with Gasteiger partial charge in [0.2, 0.25) is 0 Å². The quantitative estimate of drug-likeness (QED) is 0.892. The molecule has 0 saturated heterocycles. The summed E-state index contributed by atoms with van der Waals surface area (Å²) < 4.78 is 5.19. The van der Waals surface area contributed by atoms with E-state index in [0.717, 1.165) is 5.56 Å². The lowest BCUT2D eigenvalue weighted by molar-refractivity contribution is 0.0437. The van der Waals surface area contributed by atoms with E-state index >= 15 is 0 Å². The van der Waals surface area contributed by atoms with Crippen LogP contribution in [0.15, 0.2) is 24.3 Å². The van der Waals surface area contributed by atoms with E-state index in [9.17, 15) is 9.90 Å². The highest BCUT2D eigenvalue weighted by molar-refractivity contribution is 5.68. The molecule has 0 heterocycles. The maximum atomic E-state index is 11.8. The zero-order valence-corrected chi connectivity index (χ0v) is 12.9. The van der Waals surface area contributed by atoms with Crippen LogP contribution < -0.4 is 5.32 Å². The van der Waals surface area contributed by atoms with Gasteiger partial charge < -0.3 is 15.2 Å². The third-order valence-corrected chi connectivity index (χ3v) is 2.82. The first-order valence-electron chi connectivity index (χ1n) is 6.88. The Balaban J connectivity index is 2.69. The zero-order chi connectivity index (χ0) is 16.0. The summed E-state index contributed by atoms with van der Waals surface area (Å²) in [6, 6.07) is 8.64. The molecule has 1 aromatic rings. The molecule has 1 rings (SSSR count). The van der Waals surface area contributed by atoms with Crippen LogP contribution >= 0.6 is 0 Å². The van der Waals surface area contributed by atoms with Gasteiger partial charge in [-0.2, -0.15) is 5.26 Å². The molecule has 0 aliphatic carbocycles. The predicted octanol–water partition coefficient (Wildman–Crippen LogP) is 2.37. The molecule has 2 N–H and O–H groups in total. The van der Waals surface area contributed by atoms with E-state index < -0.39 is 23.8 Å². The number of hydrogen-bond acceptors (Lipinski definition) is 4. The minimum atomic E-state index is -0.715. The number of alkyl carbamates (subject to hydrolysis) is 1. The molecule has 0 radical (unpaired) electrons. The molecule has 0 unspecified atom stereocenters. The summed E-state index contributed by atoms with van der Waals surface area (Å²) in [6.07, 6.45) is -0.807. The van der Waals surface area contributed by atoms with Crippen LogP contribution in [0, 0.1) is 11.3 Å². The molecule has 0 spiro atoms. The Labute approximate surface area is 125 Å². The highest BCUT2D eigenvalue weighted by Crippen LogP contribution is 2.11. The van der Waals surface area contributed by atoms with Gasteiger partial charge in [0.1, 0.15) is 5.60 Å². The predicted molar refractivity (Wildman–Crippen MR) is 79.7 cm³/mol. The van der Waals surface area contributed by atoms with Crippen molar-refractivity contribution in [3.05, 3.63) is 35.4 Å². The molecule has 0 aliphatic heterocycles. The molecule has 0 fully saturated rings. The second kappa shape index (κ2) is 7.09. The van der Waals surface area contributed by atoms with E-state index in [2.05, 4.69) is 5.32 Å². The number of benzene rings is 1. The van der Waals surface area contributed by atoms with Crippen molar-refractivity contribution in [1.82, 2.24) is 5.32 Å². The summed E-state index contributed by atoms with van der Waals surface area (Å²) >= 11 is 0. The van der Waals surface area contributed by atoms with Crippen LogP contribution in [0.3, 0.4) is 0 Å². The molecule has 21 heavy (non-hydrogen) atoms. The van der Waals surface area contributed by atoms with Gasteiger partial charge in [-0.3, -0.25) is 0 Å². The van der Waals surface area contributed by atoms with Crippen LogP contribution in [-0.2, 0) is 11.2 Å². The van der Waals surface area contributed by atoms with Crippen LogP contribution in [0.25, 0.3) is 0 Å². The molecule has 5 heteroatoms. The summed E-state index contributed by atoms with van der Waals surface area (Å²) in [4.78, 5) is 11.8. The van der Waals surface area contributed by atoms with Gasteiger partial charge in [0.05, 0.1) is 23.8 Å². The first-order chi connectivity index (χ1) is 9.71. The van der Waals surface area contributed by atoms with Crippen molar-refractivity contribution in [2.75, 3.05) is 0 Å². The molecule has 114 valence electrons. The number of aliphatic hydroxyl groups excluding tert-OH is 1. The molecule has 2 atom stereocenters. The van der Waals surface area contributed by atoms with Crippen LogP contribution in [0.1, 0.15) is 38.8 Å². The smallest absolute Gasteiger partial charge is 0.407 e. The molecule has 0 saturated carbocycles. The minimum absolute atomic E-state index is 0.451. The molecule has 0 aliphatic rings. The number of aliphatic hydroxyl groups is 1. The Kier molecular flexibility index (Phi) is 5.74. The number of nitrogens with zero attached hydrogens (tertiary/aromatic N) is 1. The van der Waals surface area contributed by atoms with E-state index in [4.69, 9.17) is 10.00 Å². The average Bonchev–Trinajstić information content (AvgIpc) is 2.36. The lowest BCUT2D eigenvalue weighted by Crippen LogP contribution is -2.45. The van der Waals surface area contributed by atoms with Gasteiger partial charge in [-0.1, -0.05) is 12.1 Å². The third kappa shape index (κ3) is 6.28. The van der Waals surface area contributed by atoms with Crippen molar-refractivity contribution in [3.8, 4) is 6.07 Å². The topological polar surface area (TPSA) is 82.4 Å². The van der Waals surface area contributed by atoms with E-state index in [-0.39, 0.29) is 0 Å². The van der Waals surface area contributed by atoms with E-state index in [0.29, 0.717) is 12.0 Å². The van der Waals surface area contributed by atoms with Crippen molar-refractivity contribution < 1.29 is 14.6 Å². The zero-order valence-electron chi connectivity index (χ0n) is 12.9.